The summed E-state index contributed by atoms with van der Waals surface area (Å²) in [5.41, 5.74) is 3.57. The van der Waals surface area contributed by atoms with Gasteiger partial charge in [0.15, 0.2) is 0 Å². The Balaban J connectivity index is 2.70. The Morgan fingerprint density at radius 1 is 1.64 bits per heavy atom. The average molecular weight is 193 g/mol. The number of rotatable bonds is 5. The summed E-state index contributed by atoms with van der Waals surface area (Å²) < 4.78 is 1.97. The van der Waals surface area contributed by atoms with Crippen LogP contribution in [0.5, 0.6) is 0 Å². The number of aryl methyl sites for hydroxylation is 1. The molecule has 0 aliphatic carbocycles. The van der Waals surface area contributed by atoms with Gasteiger partial charge < -0.3 is 5.32 Å². The summed E-state index contributed by atoms with van der Waals surface area (Å²) in [6, 6.07) is 0. The first-order chi connectivity index (χ1) is 6.67. The van der Waals surface area contributed by atoms with E-state index in [2.05, 4.69) is 30.1 Å². The summed E-state index contributed by atoms with van der Waals surface area (Å²) in [5.74, 6) is 0. The topological polar surface area (TPSA) is 29.9 Å². The molecular weight excluding hydrogens is 174 g/mol. The summed E-state index contributed by atoms with van der Waals surface area (Å²) in [6.45, 7) is 9.85. The number of hydrogen-bond acceptors (Lipinski definition) is 2. The maximum absolute atomic E-state index is 4.43. The third kappa shape index (κ3) is 2.70. The summed E-state index contributed by atoms with van der Waals surface area (Å²) in [4.78, 5) is 0. The highest BCUT2D eigenvalue weighted by Gasteiger charge is 2.03. The Morgan fingerprint density at radius 2 is 2.36 bits per heavy atom. The minimum Gasteiger partial charge on any atom is -0.316 e. The van der Waals surface area contributed by atoms with Gasteiger partial charge in [0, 0.05) is 18.3 Å². The van der Waals surface area contributed by atoms with E-state index in [4.69, 9.17) is 0 Å². The molecule has 1 heterocycles. The van der Waals surface area contributed by atoms with Gasteiger partial charge in [-0.25, -0.2) is 0 Å². The fourth-order valence-electron chi connectivity index (χ4n) is 1.34. The summed E-state index contributed by atoms with van der Waals surface area (Å²) in [7, 11) is 1.95. The lowest BCUT2D eigenvalue weighted by Gasteiger charge is -2.01. The first kappa shape index (κ1) is 11.0. The fraction of sp³-hybridized carbons (Fsp3) is 0.545. The van der Waals surface area contributed by atoms with Crippen molar-refractivity contribution in [3.63, 3.8) is 0 Å². The van der Waals surface area contributed by atoms with Crippen LogP contribution in [0, 0.1) is 6.92 Å². The smallest absolute Gasteiger partial charge is 0.0638 e. The van der Waals surface area contributed by atoms with E-state index in [0.717, 1.165) is 25.2 Å². The molecule has 3 nitrogen and oxygen atoms in total. The van der Waals surface area contributed by atoms with E-state index >= 15 is 0 Å². The highest BCUT2D eigenvalue weighted by Crippen LogP contribution is 2.07. The van der Waals surface area contributed by atoms with Crippen LogP contribution in [0.1, 0.15) is 24.6 Å². The molecule has 0 radical (unpaired) electrons. The van der Waals surface area contributed by atoms with Crippen molar-refractivity contribution in [3.8, 4) is 0 Å². The second-order valence-corrected chi connectivity index (χ2v) is 3.57. The summed E-state index contributed by atoms with van der Waals surface area (Å²) in [5, 5.41) is 7.56. The van der Waals surface area contributed by atoms with Gasteiger partial charge in [0.25, 0.3) is 0 Å². The van der Waals surface area contributed by atoms with Gasteiger partial charge in [0.1, 0.15) is 0 Å². The Bertz CT molecular complexity index is 312. The van der Waals surface area contributed by atoms with Crippen LogP contribution in [0.15, 0.2) is 18.3 Å². The SMILES string of the molecule is C=C(CC)Cn1cc(CNC)c(C)n1. The predicted molar refractivity (Wildman–Crippen MR) is 59.2 cm³/mol. The maximum Gasteiger partial charge on any atom is 0.0638 e. The molecule has 0 saturated heterocycles. The van der Waals surface area contributed by atoms with Crippen molar-refractivity contribution in [2.24, 2.45) is 0 Å². The highest BCUT2D eigenvalue weighted by molar-refractivity contribution is 5.15. The zero-order valence-corrected chi connectivity index (χ0v) is 9.30. The van der Waals surface area contributed by atoms with E-state index < -0.39 is 0 Å². The van der Waals surface area contributed by atoms with Crippen LogP contribution < -0.4 is 5.32 Å². The van der Waals surface area contributed by atoms with Gasteiger partial charge in [-0.3, -0.25) is 4.68 Å². The zero-order valence-electron chi connectivity index (χ0n) is 9.30. The van der Waals surface area contributed by atoms with Gasteiger partial charge in [0.2, 0.25) is 0 Å². The van der Waals surface area contributed by atoms with E-state index in [1.165, 1.54) is 11.1 Å². The number of nitrogens with zero attached hydrogens (tertiary/aromatic N) is 2. The van der Waals surface area contributed by atoms with Gasteiger partial charge in [-0.1, -0.05) is 19.1 Å². The predicted octanol–water partition coefficient (Wildman–Crippen LogP) is 1.88. The van der Waals surface area contributed by atoms with Crippen molar-refractivity contribution < 1.29 is 0 Å². The van der Waals surface area contributed by atoms with Crippen molar-refractivity contribution in [1.29, 1.82) is 0 Å². The minimum absolute atomic E-state index is 0.834. The van der Waals surface area contributed by atoms with Crippen LogP contribution in [0.4, 0.5) is 0 Å². The van der Waals surface area contributed by atoms with E-state index in [0.29, 0.717) is 0 Å². The summed E-state index contributed by atoms with van der Waals surface area (Å²) in [6.07, 6.45) is 3.10. The number of allylic oxidation sites excluding steroid dienone is 1. The molecule has 1 aromatic heterocycles. The van der Waals surface area contributed by atoms with E-state index in [-0.39, 0.29) is 0 Å². The van der Waals surface area contributed by atoms with Crippen LogP contribution in [0.2, 0.25) is 0 Å². The second-order valence-electron chi connectivity index (χ2n) is 3.57. The van der Waals surface area contributed by atoms with E-state index in [9.17, 15) is 0 Å². The van der Waals surface area contributed by atoms with Gasteiger partial charge in [-0.05, 0) is 20.4 Å². The lowest BCUT2D eigenvalue weighted by molar-refractivity contribution is 0.658. The molecule has 1 N–H and O–H groups in total. The summed E-state index contributed by atoms with van der Waals surface area (Å²) >= 11 is 0. The minimum atomic E-state index is 0.834. The Labute approximate surface area is 85.8 Å². The second kappa shape index (κ2) is 4.96. The molecule has 0 atom stereocenters. The molecule has 14 heavy (non-hydrogen) atoms. The number of hydrogen-bond donors (Lipinski definition) is 1. The van der Waals surface area contributed by atoms with Gasteiger partial charge >= 0.3 is 0 Å². The largest absolute Gasteiger partial charge is 0.316 e. The molecule has 0 unspecified atom stereocenters. The maximum atomic E-state index is 4.43. The van der Waals surface area contributed by atoms with Gasteiger partial charge in [0.05, 0.1) is 12.2 Å². The average Bonchev–Trinajstić information content (AvgIpc) is 2.47. The quantitative estimate of drug-likeness (QED) is 0.724. The Hall–Kier alpha value is -1.09. The van der Waals surface area contributed by atoms with Crippen LogP contribution >= 0.6 is 0 Å². The molecule has 3 heteroatoms. The molecule has 1 rings (SSSR count). The van der Waals surface area contributed by atoms with Gasteiger partial charge in [-0.15, -0.1) is 0 Å². The molecule has 0 saturated carbocycles. The van der Waals surface area contributed by atoms with Crippen LogP contribution in [0.3, 0.4) is 0 Å². The first-order valence-electron chi connectivity index (χ1n) is 5.01. The van der Waals surface area contributed by atoms with Crippen molar-refractivity contribution in [3.05, 3.63) is 29.6 Å². The van der Waals surface area contributed by atoms with E-state index in [1.54, 1.807) is 0 Å². The molecule has 0 bridgehead atoms. The van der Waals surface area contributed by atoms with Gasteiger partial charge in [-0.2, -0.15) is 5.10 Å². The lowest BCUT2D eigenvalue weighted by Crippen LogP contribution is -2.05. The number of aromatic nitrogens is 2. The molecular formula is C11H19N3. The molecule has 78 valence electrons. The van der Waals surface area contributed by atoms with E-state index in [1.807, 2.05) is 18.7 Å². The third-order valence-electron chi connectivity index (χ3n) is 2.30. The van der Waals surface area contributed by atoms with Crippen LogP contribution in [-0.4, -0.2) is 16.8 Å². The van der Waals surface area contributed by atoms with Crippen molar-refractivity contribution in [2.75, 3.05) is 7.05 Å². The Kier molecular flexibility index (Phi) is 3.89. The van der Waals surface area contributed by atoms with Crippen molar-refractivity contribution in [1.82, 2.24) is 15.1 Å². The van der Waals surface area contributed by atoms with Crippen molar-refractivity contribution in [2.45, 2.75) is 33.4 Å². The molecule has 1 aromatic rings. The lowest BCUT2D eigenvalue weighted by atomic mass is 10.2. The normalized spacial score (nSPS) is 10.5. The molecule has 0 aliphatic rings. The van der Waals surface area contributed by atoms with Crippen LogP contribution in [-0.2, 0) is 13.1 Å². The molecule has 0 aliphatic heterocycles. The highest BCUT2D eigenvalue weighted by atomic mass is 15.3. The molecule has 0 amide bonds. The third-order valence-corrected chi connectivity index (χ3v) is 2.30. The first-order valence-corrected chi connectivity index (χ1v) is 5.01. The number of nitrogens with one attached hydrogen (secondary N) is 1. The molecule has 0 aromatic carbocycles. The molecule has 0 fully saturated rings. The van der Waals surface area contributed by atoms with Crippen molar-refractivity contribution >= 4 is 0 Å². The monoisotopic (exact) mass is 193 g/mol. The Morgan fingerprint density at radius 3 is 2.93 bits per heavy atom. The molecule has 0 spiro atoms. The zero-order chi connectivity index (χ0) is 10.6. The van der Waals surface area contributed by atoms with Crippen LogP contribution in [0.25, 0.3) is 0 Å². The fourth-order valence-corrected chi connectivity index (χ4v) is 1.34. The standard InChI is InChI=1S/C11H19N3/c1-5-9(2)7-14-8-11(6-12-4)10(3)13-14/h8,12H,2,5-7H2,1,3-4H3.